The number of carbonyl (C=O) groups is 2. The number of ether oxygens (including phenoxy) is 2. The summed E-state index contributed by atoms with van der Waals surface area (Å²) in [6.45, 7) is 5.47. The van der Waals surface area contributed by atoms with E-state index in [-0.39, 0.29) is 17.8 Å². The Morgan fingerprint density at radius 2 is 2.00 bits per heavy atom. The molecule has 2 aliphatic heterocycles. The molecule has 7 nitrogen and oxygen atoms in total. The van der Waals surface area contributed by atoms with Crippen molar-refractivity contribution in [3.05, 3.63) is 53.7 Å². The molecular weight excluding hydrogens is 382 g/mol. The van der Waals surface area contributed by atoms with E-state index in [0.29, 0.717) is 31.9 Å². The summed E-state index contributed by atoms with van der Waals surface area (Å²) in [4.78, 5) is 33.5. The summed E-state index contributed by atoms with van der Waals surface area (Å²) >= 11 is 0. The smallest absolute Gasteiger partial charge is 0.339 e. The van der Waals surface area contributed by atoms with Crippen LogP contribution in [0.2, 0.25) is 0 Å². The Morgan fingerprint density at radius 3 is 2.80 bits per heavy atom. The zero-order chi connectivity index (χ0) is 20.9. The van der Waals surface area contributed by atoms with Gasteiger partial charge >= 0.3 is 5.97 Å². The number of nitrogens with zero attached hydrogens (tertiary/aromatic N) is 3. The van der Waals surface area contributed by atoms with Crippen molar-refractivity contribution in [2.45, 2.75) is 19.8 Å². The lowest BCUT2D eigenvalue weighted by molar-refractivity contribution is -0.136. The average molecular weight is 409 g/mol. The van der Waals surface area contributed by atoms with Gasteiger partial charge in [-0.25, -0.2) is 9.78 Å². The first-order chi connectivity index (χ1) is 14.7. The van der Waals surface area contributed by atoms with E-state index in [4.69, 9.17) is 9.47 Å². The summed E-state index contributed by atoms with van der Waals surface area (Å²) < 4.78 is 10.8. The SMILES string of the molecule is CCOC(=O)c1ccc(N2CCCN(C(=O)C3COc4ccccc4C3)CC2)nc1. The zero-order valence-corrected chi connectivity index (χ0v) is 17.3. The van der Waals surface area contributed by atoms with E-state index in [1.54, 1.807) is 19.2 Å². The van der Waals surface area contributed by atoms with Crippen LogP contribution in [0.15, 0.2) is 42.6 Å². The van der Waals surface area contributed by atoms with Gasteiger partial charge in [0, 0.05) is 32.4 Å². The standard InChI is InChI=1S/C23H27N3O4/c1-2-29-23(28)18-8-9-21(24-15-18)25-10-5-11-26(13-12-25)22(27)19-14-17-6-3-4-7-20(17)30-16-19/h3-4,6-9,15,19H,2,5,10-14,16H2,1H3. The first-order valence-electron chi connectivity index (χ1n) is 10.5. The van der Waals surface area contributed by atoms with Gasteiger partial charge in [-0.15, -0.1) is 0 Å². The number of pyridine rings is 1. The Balaban J connectivity index is 1.36. The van der Waals surface area contributed by atoms with Crippen LogP contribution < -0.4 is 9.64 Å². The van der Waals surface area contributed by atoms with Gasteiger partial charge < -0.3 is 19.3 Å². The first-order valence-corrected chi connectivity index (χ1v) is 10.5. The van der Waals surface area contributed by atoms with Crippen molar-refractivity contribution in [1.29, 1.82) is 0 Å². The minimum Gasteiger partial charge on any atom is -0.492 e. The predicted molar refractivity (Wildman–Crippen MR) is 113 cm³/mol. The van der Waals surface area contributed by atoms with E-state index in [2.05, 4.69) is 9.88 Å². The van der Waals surface area contributed by atoms with E-state index in [9.17, 15) is 9.59 Å². The lowest BCUT2D eigenvalue weighted by Crippen LogP contribution is -2.42. The Labute approximate surface area is 176 Å². The second-order valence-electron chi connectivity index (χ2n) is 7.61. The second-order valence-corrected chi connectivity index (χ2v) is 7.61. The quantitative estimate of drug-likeness (QED) is 0.723. The van der Waals surface area contributed by atoms with Gasteiger partial charge in [0.1, 0.15) is 18.2 Å². The third-order valence-electron chi connectivity index (χ3n) is 5.62. The van der Waals surface area contributed by atoms with Crippen LogP contribution in [0.4, 0.5) is 5.82 Å². The molecule has 1 unspecified atom stereocenters. The number of para-hydroxylation sites is 1. The highest BCUT2D eigenvalue weighted by molar-refractivity contribution is 5.89. The second kappa shape index (κ2) is 9.15. The van der Waals surface area contributed by atoms with E-state index < -0.39 is 0 Å². The van der Waals surface area contributed by atoms with Gasteiger partial charge in [0.05, 0.1) is 18.1 Å². The maximum absolute atomic E-state index is 13.1. The van der Waals surface area contributed by atoms with Crippen LogP contribution in [0, 0.1) is 5.92 Å². The summed E-state index contributed by atoms with van der Waals surface area (Å²) in [5.41, 5.74) is 1.55. The minimum absolute atomic E-state index is 0.131. The molecule has 0 aliphatic carbocycles. The molecule has 1 fully saturated rings. The molecule has 0 N–H and O–H groups in total. The van der Waals surface area contributed by atoms with Crippen molar-refractivity contribution >= 4 is 17.7 Å². The van der Waals surface area contributed by atoms with E-state index in [1.807, 2.05) is 35.2 Å². The number of fused-ring (bicyclic) bond motifs is 1. The van der Waals surface area contributed by atoms with Crippen LogP contribution in [0.1, 0.15) is 29.3 Å². The lowest BCUT2D eigenvalue weighted by Gasteiger charge is -2.29. The monoisotopic (exact) mass is 409 g/mol. The molecule has 2 aliphatic rings. The van der Waals surface area contributed by atoms with Crippen LogP contribution >= 0.6 is 0 Å². The fourth-order valence-corrected chi connectivity index (χ4v) is 4.02. The molecule has 7 heteroatoms. The van der Waals surface area contributed by atoms with Crippen molar-refractivity contribution < 1.29 is 19.1 Å². The molecule has 0 saturated carbocycles. The summed E-state index contributed by atoms with van der Waals surface area (Å²) in [6, 6.07) is 11.5. The minimum atomic E-state index is -0.361. The van der Waals surface area contributed by atoms with E-state index in [1.165, 1.54) is 0 Å². The van der Waals surface area contributed by atoms with Gasteiger partial charge in [0.25, 0.3) is 0 Å². The molecule has 1 saturated heterocycles. The molecule has 1 atom stereocenters. The van der Waals surface area contributed by atoms with Crippen LogP contribution in [0.25, 0.3) is 0 Å². The Morgan fingerprint density at radius 1 is 1.13 bits per heavy atom. The topological polar surface area (TPSA) is 72.0 Å². The summed E-state index contributed by atoms with van der Waals surface area (Å²) in [6.07, 6.45) is 3.15. The number of esters is 1. The summed E-state index contributed by atoms with van der Waals surface area (Å²) in [5.74, 6) is 1.37. The zero-order valence-electron chi connectivity index (χ0n) is 17.3. The highest BCUT2D eigenvalue weighted by Crippen LogP contribution is 2.28. The number of amides is 1. The average Bonchev–Trinajstić information content (AvgIpc) is 3.05. The Hall–Kier alpha value is -3.09. The van der Waals surface area contributed by atoms with Crippen molar-refractivity contribution in [3.63, 3.8) is 0 Å². The van der Waals surface area contributed by atoms with E-state index in [0.717, 1.165) is 43.1 Å². The summed E-state index contributed by atoms with van der Waals surface area (Å²) in [5, 5.41) is 0. The molecule has 3 heterocycles. The fraction of sp³-hybridized carbons (Fsp3) is 0.435. The highest BCUT2D eigenvalue weighted by Gasteiger charge is 2.30. The first kappa shape index (κ1) is 20.2. The molecular formula is C23H27N3O4. The molecule has 2 aromatic rings. The number of hydrogen-bond donors (Lipinski definition) is 0. The van der Waals surface area contributed by atoms with Gasteiger partial charge in [-0.3, -0.25) is 4.79 Å². The molecule has 1 aromatic carbocycles. The van der Waals surface area contributed by atoms with Crippen molar-refractivity contribution in [3.8, 4) is 5.75 Å². The van der Waals surface area contributed by atoms with Crippen LogP contribution in [0.5, 0.6) is 5.75 Å². The normalized spacial score (nSPS) is 18.8. The van der Waals surface area contributed by atoms with Crippen molar-refractivity contribution in [2.75, 3.05) is 44.3 Å². The number of aromatic nitrogens is 1. The van der Waals surface area contributed by atoms with E-state index >= 15 is 0 Å². The predicted octanol–water partition coefficient (Wildman–Crippen LogP) is 2.55. The molecule has 0 spiro atoms. The number of anilines is 1. The lowest BCUT2D eigenvalue weighted by atomic mass is 9.95. The summed E-state index contributed by atoms with van der Waals surface area (Å²) in [7, 11) is 0. The molecule has 158 valence electrons. The molecule has 30 heavy (non-hydrogen) atoms. The largest absolute Gasteiger partial charge is 0.492 e. The van der Waals surface area contributed by atoms with Crippen molar-refractivity contribution in [2.24, 2.45) is 5.92 Å². The molecule has 0 radical (unpaired) electrons. The number of benzene rings is 1. The molecule has 0 bridgehead atoms. The van der Waals surface area contributed by atoms with Gasteiger partial charge in [-0.05, 0) is 43.5 Å². The Kier molecular flexibility index (Phi) is 6.16. The maximum Gasteiger partial charge on any atom is 0.339 e. The highest BCUT2D eigenvalue weighted by atomic mass is 16.5. The fourth-order valence-electron chi connectivity index (χ4n) is 4.02. The van der Waals surface area contributed by atoms with Crippen LogP contribution in [-0.4, -0.2) is 61.2 Å². The van der Waals surface area contributed by atoms with Gasteiger partial charge in [0.2, 0.25) is 5.91 Å². The van der Waals surface area contributed by atoms with Crippen LogP contribution in [0.3, 0.4) is 0 Å². The van der Waals surface area contributed by atoms with Crippen molar-refractivity contribution in [1.82, 2.24) is 9.88 Å². The third-order valence-corrected chi connectivity index (χ3v) is 5.62. The Bertz CT molecular complexity index is 900. The van der Waals surface area contributed by atoms with Crippen LogP contribution in [-0.2, 0) is 16.0 Å². The van der Waals surface area contributed by atoms with Gasteiger partial charge in [0.15, 0.2) is 0 Å². The number of hydrogen-bond acceptors (Lipinski definition) is 6. The maximum atomic E-state index is 13.1. The third kappa shape index (κ3) is 4.40. The molecule has 1 aromatic heterocycles. The molecule has 4 rings (SSSR count). The number of rotatable bonds is 4. The van der Waals surface area contributed by atoms with Gasteiger partial charge in [-0.1, -0.05) is 18.2 Å². The molecule has 1 amide bonds. The number of carbonyl (C=O) groups excluding carboxylic acids is 2. The van der Waals surface area contributed by atoms with Gasteiger partial charge in [-0.2, -0.15) is 0 Å².